The Labute approximate surface area is 113 Å². The van der Waals surface area contributed by atoms with E-state index in [0.717, 1.165) is 5.56 Å². The maximum atomic E-state index is 13.4. The molecule has 0 aliphatic rings. The van der Waals surface area contributed by atoms with Gasteiger partial charge in [0.2, 0.25) is 5.91 Å². The van der Waals surface area contributed by atoms with E-state index in [1.807, 2.05) is 20.8 Å². The quantitative estimate of drug-likeness (QED) is 0.856. The molecule has 0 saturated carbocycles. The highest BCUT2D eigenvalue weighted by Crippen LogP contribution is 2.17. The first-order valence-corrected chi connectivity index (χ1v) is 6.16. The van der Waals surface area contributed by atoms with E-state index < -0.39 is 5.82 Å². The molecule has 4 nitrogen and oxygen atoms in total. The fourth-order valence-corrected chi connectivity index (χ4v) is 1.60. The molecule has 1 amide bonds. The first kappa shape index (κ1) is 15.4. The van der Waals surface area contributed by atoms with Gasteiger partial charge in [0.1, 0.15) is 0 Å². The molecule has 0 heterocycles. The lowest BCUT2D eigenvalue weighted by atomic mass is 10.1. The number of hydrogen-bond acceptors (Lipinski definition) is 3. The number of carbonyl (C=O) groups excluding carboxylic acids is 1. The van der Waals surface area contributed by atoms with Crippen LogP contribution in [0.5, 0.6) is 5.75 Å². The number of nitrogens with one attached hydrogen (secondary N) is 2. The van der Waals surface area contributed by atoms with Gasteiger partial charge in [0.15, 0.2) is 11.6 Å². The molecule has 0 saturated heterocycles. The second-order valence-corrected chi connectivity index (χ2v) is 5.37. The van der Waals surface area contributed by atoms with Crippen molar-refractivity contribution in [2.24, 2.45) is 0 Å². The van der Waals surface area contributed by atoms with Gasteiger partial charge >= 0.3 is 0 Å². The fraction of sp³-hybridized carbons (Fsp3) is 0.500. The smallest absolute Gasteiger partial charge is 0.234 e. The third-order valence-electron chi connectivity index (χ3n) is 2.35. The second kappa shape index (κ2) is 6.52. The van der Waals surface area contributed by atoms with Crippen LogP contribution in [0.15, 0.2) is 18.2 Å². The van der Waals surface area contributed by atoms with Crippen LogP contribution in [0.4, 0.5) is 4.39 Å². The molecule has 1 aromatic carbocycles. The zero-order valence-electron chi connectivity index (χ0n) is 11.8. The lowest BCUT2D eigenvalue weighted by Gasteiger charge is -2.20. The van der Waals surface area contributed by atoms with Crippen LogP contribution in [0.2, 0.25) is 0 Å². The number of carbonyl (C=O) groups is 1. The Hall–Kier alpha value is -1.62. The van der Waals surface area contributed by atoms with Gasteiger partial charge in [-0.05, 0) is 38.5 Å². The molecule has 0 radical (unpaired) electrons. The van der Waals surface area contributed by atoms with E-state index in [4.69, 9.17) is 4.74 Å². The van der Waals surface area contributed by atoms with E-state index in [0.29, 0.717) is 6.54 Å². The van der Waals surface area contributed by atoms with Gasteiger partial charge in [0.05, 0.1) is 13.7 Å². The van der Waals surface area contributed by atoms with Crippen LogP contribution in [-0.4, -0.2) is 25.1 Å². The van der Waals surface area contributed by atoms with Crippen molar-refractivity contribution in [1.29, 1.82) is 0 Å². The van der Waals surface area contributed by atoms with Gasteiger partial charge in [-0.3, -0.25) is 4.79 Å². The Morgan fingerprint density at radius 2 is 2.05 bits per heavy atom. The number of amides is 1. The number of ether oxygens (including phenoxy) is 1. The summed E-state index contributed by atoms with van der Waals surface area (Å²) in [6, 6.07) is 4.73. The van der Waals surface area contributed by atoms with Gasteiger partial charge in [-0.2, -0.15) is 0 Å². The van der Waals surface area contributed by atoms with Crippen molar-refractivity contribution in [2.75, 3.05) is 13.7 Å². The first-order valence-electron chi connectivity index (χ1n) is 6.16. The Morgan fingerprint density at radius 3 is 2.58 bits per heavy atom. The van der Waals surface area contributed by atoms with E-state index in [-0.39, 0.29) is 23.7 Å². The molecule has 0 spiro atoms. The molecule has 0 fully saturated rings. The molecule has 1 aromatic rings. The summed E-state index contributed by atoms with van der Waals surface area (Å²) in [5.74, 6) is -0.267. The van der Waals surface area contributed by atoms with Crippen molar-refractivity contribution in [3.8, 4) is 5.75 Å². The van der Waals surface area contributed by atoms with Gasteiger partial charge in [-0.1, -0.05) is 6.07 Å². The van der Waals surface area contributed by atoms with Crippen LogP contribution in [0.1, 0.15) is 26.3 Å². The number of hydrogen-bond donors (Lipinski definition) is 2. The van der Waals surface area contributed by atoms with Crippen LogP contribution in [0.25, 0.3) is 0 Å². The highest BCUT2D eigenvalue weighted by Gasteiger charge is 2.13. The Morgan fingerprint density at radius 1 is 1.37 bits per heavy atom. The van der Waals surface area contributed by atoms with Crippen LogP contribution in [0.3, 0.4) is 0 Å². The number of methoxy groups -OCH3 is 1. The van der Waals surface area contributed by atoms with Crippen molar-refractivity contribution < 1.29 is 13.9 Å². The SMILES string of the molecule is COc1ccc(CNCC(=O)NC(C)(C)C)cc1F. The third-order valence-corrected chi connectivity index (χ3v) is 2.35. The average molecular weight is 268 g/mol. The molecule has 19 heavy (non-hydrogen) atoms. The van der Waals surface area contributed by atoms with Crippen molar-refractivity contribution in [2.45, 2.75) is 32.9 Å². The van der Waals surface area contributed by atoms with Crippen LogP contribution in [0, 0.1) is 5.82 Å². The van der Waals surface area contributed by atoms with Crippen molar-refractivity contribution in [1.82, 2.24) is 10.6 Å². The molecule has 106 valence electrons. The van der Waals surface area contributed by atoms with Crippen LogP contribution < -0.4 is 15.4 Å². The topological polar surface area (TPSA) is 50.4 Å². The summed E-state index contributed by atoms with van der Waals surface area (Å²) >= 11 is 0. The largest absolute Gasteiger partial charge is 0.494 e. The number of benzene rings is 1. The minimum absolute atomic E-state index is 0.0820. The normalized spacial score (nSPS) is 11.2. The summed E-state index contributed by atoms with van der Waals surface area (Å²) in [6.45, 7) is 6.39. The van der Waals surface area contributed by atoms with Gasteiger partial charge in [-0.15, -0.1) is 0 Å². The molecule has 0 aromatic heterocycles. The maximum absolute atomic E-state index is 13.4. The summed E-state index contributed by atoms with van der Waals surface area (Å²) in [7, 11) is 1.42. The standard InChI is InChI=1S/C14H21FN2O2/c1-14(2,3)17-13(18)9-16-8-10-5-6-12(19-4)11(15)7-10/h5-7,16H,8-9H2,1-4H3,(H,17,18). The van der Waals surface area contributed by atoms with E-state index in [2.05, 4.69) is 10.6 Å². The van der Waals surface area contributed by atoms with E-state index >= 15 is 0 Å². The second-order valence-electron chi connectivity index (χ2n) is 5.37. The third kappa shape index (κ3) is 5.70. The molecule has 5 heteroatoms. The van der Waals surface area contributed by atoms with Crippen LogP contribution >= 0.6 is 0 Å². The van der Waals surface area contributed by atoms with Crippen LogP contribution in [-0.2, 0) is 11.3 Å². The van der Waals surface area contributed by atoms with E-state index in [9.17, 15) is 9.18 Å². The lowest BCUT2D eigenvalue weighted by Crippen LogP contribution is -2.44. The molecule has 2 N–H and O–H groups in total. The molecular weight excluding hydrogens is 247 g/mol. The van der Waals surface area contributed by atoms with Crippen molar-refractivity contribution in [3.63, 3.8) is 0 Å². The number of halogens is 1. The average Bonchev–Trinajstić information content (AvgIpc) is 2.26. The minimum atomic E-state index is -0.402. The number of rotatable bonds is 5. The van der Waals surface area contributed by atoms with Gasteiger partial charge in [0.25, 0.3) is 0 Å². The molecule has 0 aliphatic heterocycles. The van der Waals surface area contributed by atoms with Gasteiger partial charge in [-0.25, -0.2) is 4.39 Å². The summed E-state index contributed by atoms with van der Waals surface area (Å²) in [5, 5.41) is 5.81. The Balaban J connectivity index is 2.41. The predicted molar refractivity (Wildman–Crippen MR) is 72.6 cm³/mol. The molecule has 0 unspecified atom stereocenters. The van der Waals surface area contributed by atoms with E-state index in [1.165, 1.54) is 13.2 Å². The van der Waals surface area contributed by atoms with Gasteiger partial charge < -0.3 is 15.4 Å². The molecular formula is C14H21FN2O2. The van der Waals surface area contributed by atoms with Crippen molar-refractivity contribution in [3.05, 3.63) is 29.6 Å². The van der Waals surface area contributed by atoms with Crippen molar-refractivity contribution >= 4 is 5.91 Å². The summed E-state index contributed by atoms with van der Waals surface area (Å²) in [6.07, 6.45) is 0. The predicted octanol–water partition coefficient (Wildman–Crippen LogP) is 1.84. The molecule has 0 bridgehead atoms. The Bertz CT molecular complexity index is 442. The van der Waals surface area contributed by atoms with E-state index in [1.54, 1.807) is 12.1 Å². The zero-order valence-corrected chi connectivity index (χ0v) is 11.8. The Kier molecular flexibility index (Phi) is 5.30. The fourth-order valence-electron chi connectivity index (χ4n) is 1.60. The monoisotopic (exact) mass is 268 g/mol. The minimum Gasteiger partial charge on any atom is -0.494 e. The highest BCUT2D eigenvalue weighted by molar-refractivity contribution is 5.78. The molecule has 0 aliphatic carbocycles. The summed E-state index contributed by atoms with van der Waals surface area (Å²) < 4.78 is 18.3. The van der Waals surface area contributed by atoms with Gasteiger partial charge in [0, 0.05) is 12.1 Å². The molecule has 0 atom stereocenters. The maximum Gasteiger partial charge on any atom is 0.234 e. The molecule has 1 rings (SSSR count). The highest BCUT2D eigenvalue weighted by atomic mass is 19.1. The summed E-state index contributed by atoms with van der Waals surface area (Å²) in [4.78, 5) is 11.5. The summed E-state index contributed by atoms with van der Waals surface area (Å²) in [5.41, 5.74) is 0.521. The lowest BCUT2D eigenvalue weighted by molar-refractivity contribution is -0.121. The first-order chi connectivity index (χ1) is 8.81. The zero-order chi connectivity index (χ0) is 14.5.